The molecule has 1 saturated heterocycles. The van der Waals surface area contributed by atoms with Crippen LogP contribution in [0, 0.1) is 6.92 Å². The highest BCUT2D eigenvalue weighted by Gasteiger charge is 2.40. The summed E-state index contributed by atoms with van der Waals surface area (Å²) in [7, 11) is 0. The number of amidine groups is 1. The van der Waals surface area contributed by atoms with Crippen LogP contribution in [0.15, 0.2) is 83.0 Å². The van der Waals surface area contributed by atoms with Crippen LogP contribution in [0.5, 0.6) is 0 Å². The molecule has 1 N–H and O–H groups in total. The molecule has 1 atom stereocenters. The van der Waals surface area contributed by atoms with Gasteiger partial charge in [-0.1, -0.05) is 83.0 Å². The number of carbonyl (C=O) groups excluding carboxylic acids is 2. The first-order valence-corrected chi connectivity index (χ1v) is 12.0. The van der Waals surface area contributed by atoms with Gasteiger partial charge in [-0.25, -0.2) is 0 Å². The number of carbonyl (C=O) groups is 2. The van der Waals surface area contributed by atoms with Gasteiger partial charge in [0.25, 0.3) is 0 Å². The Balaban J connectivity index is 1.53. The molecule has 0 spiro atoms. The second-order valence-electron chi connectivity index (χ2n) is 7.56. The number of rotatable bonds is 6. The molecule has 172 valence electrons. The first kappa shape index (κ1) is 24.0. The maximum Gasteiger partial charge on any atom is 0.247 e. The fraction of sp³-hybridized carbons (Fsp3) is 0.120. The first-order valence-electron chi connectivity index (χ1n) is 10.4. The average molecular weight is 511 g/mol. The third-order valence-electron chi connectivity index (χ3n) is 4.89. The van der Waals surface area contributed by atoms with E-state index in [1.54, 1.807) is 24.4 Å². The Labute approximate surface area is 211 Å². The number of halogens is 2. The van der Waals surface area contributed by atoms with Crippen LogP contribution in [0.3, 0.4) is 0 Å². The van der Waals surface area contributed by atoms with Crippen LogP contribution in [0.4, 0.5) is 11.4 Å². The van der Waals surface area contributed by atoms with Crippen LogP contribution in [0.25, 0.3) is 0 Å². The quantitative estimate of drug-likeness (QED) is 0.318. The molecule has 0 aromatic heterocycles. The fourth-order valence-corrected chi connectivity index (χ4v) is 4.90. The number of benzene rings is 3. The van der Waals surface area contributed by atoms with E-state index in [9.17, 15) is 9.59 Å². The van der Waals surface area contributed by atoms with Gasteiger partial charge in [-0.2, -0.15) is 5.10 Å². The van der Waals surface area contributed by atoms with Gasteiger partial charge in [0.15, 0.2) is 5.17 Å². The number of nitrogens with one attached hydrogen (secondary N) is 1. The minimum atomic E-state index is -0.650. The van der Waals surface area contributed by atoms with Gasteiger partial charge < -0.3 is 5.32 Å². The molecule has 1 fully saturated rings. The number of anilines is 2. The summed E-state index contributed by atoms with van der Waals surface area (Å²) in [5.41, 5.74) is 3.17. The number of para-hydroxylation sites is 1. The Kier molecular flexibility index (Phi) is 7.67. The van der Waals surface area contributed by atoms with E-state index in [0.717, 1.165) is 11.1 Å². The molecular weight excluding hydrogens is 491 g/mol. The van der Waals surface area contributed by atoms with Gasteiger partial charge >= 0.3 is 0 Å². The largest absolute Gasteiger partial charge is 0.326 e. The molecule has 34 heavy (non-hydrogen) atoms. The molecule has 0 bridgehead atoms. The van der Waals surface area contributed by atoms with Crippen molar-refractivity contribution in [2.24, 2.45) is 10.2 Å². The molecule has 2 amide bonds. The summed E-state index contributed by atoms with van der Waals surface area (Å²) in [6.45, 7) is 2.01. The molecule has 6 nitrogen and oxygen atoms in total. The number of hydrogen-bond donors (Lipinski definition) is 1. The van der Waals surface area contributed by atoms with Gasteiger partial charge in [-0.15, -0.1) is 5.10 Å². The Morgan fingerprint density at radius 1 is 1.06 bits per heavy atom. The standard InChI is InChI=1S/C25H20Cl2N4O2S/c1-16-7-9-17(10-8-16)15-28-30-25-31(21-5-3-2-4-6-21)24(33)22(34-25)14-23(32)29-20-12-18(26)11-19(27)13-20/h2-13,15,22H,14H2,1H3,(H,29,32). The van der Waals surface area contributed by atoms with Crippen LogP contribution in [-0.2, 0) is 9.59 Å². The molecule has 4 rings (SSSR count). The van der Waals surface area contributed by atoms with Crippen molar-refractivity contribution in [3.63, 3.8) is 0 Å². The van der Waals surface area contributed by atoms with E-state index in [4.69, 9.17) is 23.2 Å². The van der Waals surface area contributed by atoms with Gasteiger partial charge in [0, 0.05) is 22.2 Å². The summed E-state index contributed by atoms with van der Waals surface area (Å²) in [6, 6.07) is 21.8. The zero-order chi connectivity index (χ0) is 24.1. The smallest absolute Gasteiger partial charge is 0.247 e. The van der Waals surface area contributed by atoms with Crippen molar-refractivity contribution in [2.75, 3.05) is 10.2 Å². The number of amides is 2. The molecule has 3 aromatic rings. The minimum Gasteiger partial charge on any atom is -0.326 e. The molecule has 0 radical (unpaired) electrons. The highest BCUT2D eigenvalue weighted by Crippen LogP contribution is 2.34. The molecule has 0 saturated carbocycles. The summed E-state index contributed by atoms with van der Waals surface area (Å²) < 4.78 is 0. The van der Waals surface area contributed by atoms with Crippen molar-refractivity contribution in [1.29, 1.82) is 0 Å². The summed E-state index contributed by atoms with van der Waals surface area (Å²) in [4.78, 5) is 27.4. The Bertz CT molecular complexity index is 1240. The van der Waals surface area contributed by atoms with Crippen LogP contribution in [0.2, 0.25) is 10.0 Å². The molecule has 9 heteroatoms. The fourth-order valence-electron chi connectivity index (χ4n) is 3.28. The third-order valence-corrected chi connectivity index (χ3v) is 6.46. The monoisotopic (exact) mass is 510 g/mol. The second-order valence-corrected chi connectivity index (χ2v) is 9.61. The molecule has 1 unspecified atom stereocenters. The average Bonchev–Trinajstić information content (AvgIpc) is 3.09. The van der Waals surface area contributed by atoms with E-state index >= 15 is 0 Å². The third kappa shape index (κ3) is 6.05. The van der Waals surface area contributed by atoms with E-state index < -0.39 is 5.25 Å². The minimum absolute atomic E-state index is 0.0440. The number of nitrogens with zero attached hydrogens (tertiary/aromatic N) is 3. The molecule has 0 aliphatic carbocycles. The normalized spacial score (nSPS) is 17.0. The Morgan fingerprint density at radius 3 is 2.41 bits per heavy atom. The van der Waals surface area contributed by atoms with Crippen molar-refractivity contribution in [1.82, 2.24) is 0 Å². The summed E-state index contributed by atoms with van der Waals surface area (Å²) in [5, 5.41) is 11.8. The number of thioether (sulfide) groups is 1. The molecule has 1 aliphatic heterocycles. The predicted octanol–water partition coefficient (Wildman–Crippen LogP) is 6.17. The van der Waals surface area contributed by atoms with Crippen molar-refractivity contribution >= 4 is 69.5 Å². The van der Waals surface area contributed by atoms with E-state index in [1.807, 2.05) is 61.5 Å². The van der Waals surface area contributed by atoms with E-state index in [1.165, 1.54) is 16.7 Å². The summed E-state index contributed by atoms with van der Waals surface area (Å²) in [6.07, 6.45) is 1.58. The molecule has 1 aliphatic rings. The summed E-state index contributed by atoms with van der Waals surface area (Å²) in [5.74, 6) is -0.568. The lowest BCUT2D eigenvalue weighted by Gasteiger charge is -2.15. The molecule has 3 aromatic carbocycles. The number of aryl methyl sites for hydroxylation is 1. The van der Waals surface area contributed by atoms with Crippen LogP contribution in [0.1, 0.15) is 17.5 Å². The van der Waals surface area contributed by atoms with Gasteiger partial charge in [0.1, 0.15) is 5.25 Å². The van der Waals surface area contributed by atoms with E-state index in [2.05, 4.69) is 15.5 Å². The highest BCUT2D eigenvalue weighted by atomic mass is 35.5. The van der Waals surface area contributed by atoms with Crippen molar-refractivity contribution in [3.05, 3.63) is 94.0 Å². The maximum atomic E-state index is 13.2. The SMILES string of the molecule is Cc1ccc(C=NN=C2SC(CC(=O)Nc3cc(Cl)cc(Cl)c3)C(=O)N2c2ccccc2)cc1. The Hall–Kier alpha value is -3.13. The van der Waals surface area contributed by atoms with Gasteiger partial charge in [0.2, 0.25) is 11.8 Å². The molecule has 1 heterocycles. The van der Waals surface area contributed by atoms with Gasteiger partial charge in [0.05, 0.1) is 11.9 Å². The van der Waals surface area contributed by atoms with Crippen molar-refractivity contribution in [2.45, 2.75) is 18.6 Å². The topological polar surface area (TPSA) is 74.1 Å². The lowest BCUT2D eigenvalue weighted by molar-refractivity contribution is -0.121. The maximum absolute atomic E-state index is 13.2. The molecular formula is C25H20Cl2N4O2S. The van der Waals surface area contributed by atoms with E-state index in [-0.39, 0.29) is 18.2 Å². The lowest BCUT2D eigenvalue weighted by Crippen LogP contribution is -2.33. The second kappa shape index (κ2) is 10.9. The van der Waals surface area contributed by atoms with Crippen LogP contribution in [-0.4, -0.2) is 28.4 Å². The van der Waals surface area contributed by atoms with Crippen LogP contribution >= 0.6 is 35.0 Å². The first-order chi connectivity index (χ1) is 16.4. The zero-order valence-electron chi connectivity index (χ0n) is 18.1. The zero-order valence-corrected chi connectivity index (χ0v) is 20.4. The highest BCUT2D eigenvalue weighted by molar-refractivity contribution is 8.16. The lowest BCUT2D eigenvalue weighted by atomic mass is 10.2. The predicted molar refractivity (Wildman–Crippen MR) is 141 cm³/mol. The van der Waals surface area contributed by atoms with Gasteiger partial charge in [-0.3, -0.25) is 14.5 Å². The van der Waals surface area contributed by atoms with Crippen LogP contribution < -0.4 is 10.2 Å². The number of hydrogen-bond acceptors (Lipinski definition) is 5. The van der Waals surface area contributed by atoms with Gasteiger partial charge in [-0.05, 0) is 42.8 Å². The summed E-state index contributed by atoms with van der Waals surface area (Å²) >= 11 is 13.2. The van der Waals surface area contributed by atoms with Crippen molar-refractivity contribution in [3.8, 4) is 0 Å². The van der Waals surface area contributed by atoms with E-state index in [0.29, 0.717) is 26.6 Å². The van der Waals surface area contributed by atoms with Crippen molar-refractivity contribution < 1.29 is 9.59 Å². The Morgan fingerprint density at radius 2 is 1.74 bits per heavy atom.